The van der Waals surface area contributed by atoms with Crippen LogP contribution in [-0.4, -0.2) is 49.6 Å². The number of piperidine rings is 1. The number of aryl methyl sites for hydroxylation is 1. The highest BCUT2D eigenvalue weighted by Crippen LogP contribution is 2.54. The number of fused-ring (bicyclic) bond motifs is 1. The molecule has 1 aliphatic heterocycles. The molecule has 5 rings (SSSR count). The maximum Gasteiger partial charge on any atom is 0.417 e. The zero-order valence-electron chi connectivity index (χ0n) is 22.5. The number of halogens is 2. The maximum absolute atomic E-state index is 13.7. The third-order valence-electron chi connectivity index (χ3n) is 7.34. The lowest BCUT2D eigenvalue weighted by atomic mass is 9.88. The van der Waals surface area contributed by atoms with Crippen LogP contribution in [0, 0.1) is 5.41 Å². The van der Waals surface area contributed by atoms with Crippen molar-refractivity contribution in [3.63, 3.8) is 0 Å². The Bertz CT molecular complexity index is 1520. The van der Waals surface area contributed by atoms with Gasteiger partial charge in [-0.2, -0.15) is 0 Å². The van der Waals surface area contributed by atoms with E-state index in [1.807, 2.05) is 0 Å². The topological polar surface area (TPSA) is 106 Å². The number of benzene rings is 1. The van der Waals surface area contributed by atoms with E-state index in [2.05, 4.69) is 15.3 Å². The molecule has 11 heteroatoms. The Kier molecular flexibility index (Phi) is 6.23. The number of nitrogens with one attached hydrogen (secondary N) is 1. The Morgan fingerprint density at radius 2 is 1.77 bits per heavy atom. The summed E-state index contributed by atoms with van der Waals surface area (Å²) in [7, 11) is 1.58. The predicted octanol–water partition coefficient (Wildman–Crippen LogP) is 4.84. The molecule has 0 radical (unpaired) electrons. The molecule has 206 valence electrons. The van der Waals surface area contributed by atoms with Gasteiger partial charge in [0.05, 0.1) is 17.3 Å². The lowest BCUT2D eigenvalue weighted by Gasteiger charge is -2.38. The first kappa shape index (κ1) is 26.7. The molecule has 1 spiro atoms. The zero-order chi connectivity index (χ0) is 28.3. The van der Waals surface area contributed by atoms with E-state index >= 15 is 0 Å². The second-order valence-electron chi connectivity index (χ2n) is 11.4. The number of nitrogens with zero attached hydrogens (tertiary/aromatic N) is 4. The van der Waals surface area contributed by atoms with E-state index in [0.717, 1.165) is 6.92 Å². The number of amides is 2. The number of anilines is 1. The SMILES string of the molecule is Cn1cnc2c(-c3ccc(C(C)(F)F)cc3)cnc(NC3CCN(C(=O)OC(C)(C)C)C(=O)C34CC4)c2c1=O. The summed E-state index contributed by atoms with van der Waals surface area (Å²) in [5.41, 5.74) is -0.481. The molecule has 1 aliphatic carbocycles. The molecule has 9 nitrogen and oxygen atoms in total. The van der Waals surface area contributed by atoms with E-state index in [-0.39, 0.29) is 40.8 Å². The minimum atomic E-state index is -2.98. The van der Waals surface area contributed by atoms with Crippen molar-refractivity contribution in [3.8, 4) is 11.1 Å². The Balaban J connectivity index is 1.49. The summed E-state index contributed by atoms with van der Waals surface area (Å²) in [6.07, 6.45) is 3.96. The van der Waals surface area contributed by atoms with Crippen LogP contribution >= 0.6 is 0 Å². The number of imide groups is 1. The quantitative estimate of drug-likeness (QED) is 0.506. The molecular formula is C28H31F2N5O4. The van der Waals surface area contributed by atoms with Crippen molar-refractivity contribution in [3.05, 3.63) is 52.7 Å². The Morgan fingerprint density at radius 3 is 2.36 bits per heavy atom. The van der Waals surface area contributed by atoms with Crippen LogP contribution in [0.15, 0.2) is 41.6 Å². The first-order valence-corrected chi connectivity index (χ1v) is 12.9. The van der Waals surface area contributed by atoms with Crippen molar-refractivity contribution in [2.24, 2.45) is 12.5 Å². The second-order valence-corrected chi connectivity index (χ2v) is 11.4. The monoisotopic (exact) mass is 539 g/mol. The van der Waals surface area contributed by atoms with Crippen LogP contribution in [0.25, 0.3) is 22.0 Å². The highest BCUT2D eigenvalue weighted by atomic mass is 19.3. The number of carbonyl (C=O) groups excluding carboxylic acids is 2. The van der Waals surface area contributed by atoms with Crippen LogP contribution in [0.3, 0.4) is 0 Å². The third-order valence-corrected chi connectivity index (χ3v) is 7.34. The van der Waals surface area contributed by atoms with Crippen LogP contribution in [0.2, 0.25) is 0 Å². The molecule has 3 aromatic rings. The van der Waals surface area contributed by atoms with Crippen molar-refractivity contribution < 1.29 is 23.1 Å². The number of ether oxygens (including phenoxy) is 1. The third kappa shape index (κ3) is 4.86. The fraction of sp³-hybridized carbons (Fsp3) is 0.464. The van der Waals surface area contributed by atoms with Crippen molar-refractivity contribution in [1.29, 1.82) is 0 Å². The molecule has 1 N–H and O–H groups in total. The minimum Gasteiger partial charge on any atom is -0.443 e. The second kappa shape index (κ2) is 9.10. The number of hydrogen-bond donors (Lipinski definition) is 1. The molecule has 1 aromatic carbocycles. The van der Waals surface area contributed by atoms with Gasteiger partial charge in [-0.25, -0.2) is 28.4 Å². The standard InChI is InChI=1S/C28H31F2N5O4/c1-26(2,3)39-25(38)35-13-10-19(28(11-12-28)24(35)37)33-22-20-21(32-15-34(5)23(20)36)18(14-31-22)16-6-8-17(9-7-16)27(4,29)30/h6-9,14-15,19H,10-13H2,1-5H3,(H,31,33). The summed E-state index contributed by atoms with van der Waals surface area (Å²) in [6.45, 7) is 6.25. The zero-order valence-corrected chi connectivity index (χ0v) is 22.5. The summed E-state index contributed by atoms with van der Waals surface area (Å²) in [5.74, 6) is -2.98. The molecule has 1 saturated heterocycles. The number of likely N-dealkylation sites (tertiary alicyclic amines) is 1. The highest BCUT2D eigenvalue weighted by Gasteiger charge is 2.61. The van der Waals surface area contributed by atoms with Crippen molar-refractivity contribution >= 4 is 28.7 Å². The van der Waals surface area contributed by atoms with E-state index in [1.54, 1.807) is 46.1 Å². The van der Waals surface area contributed by atoms with Gasteiger partial charge in [0.25, 0.3) is 11.5 Å². The van der Waals surface area contributed by atoms with E-state index in [4.69, 9.17) is 4.74 Å². The summed E-state index contributed by atoms with van der Waals surface area (Å²) < 4.78 is 34.2. The molecule has 2 fully saturated rings. The Labute approximate surface area is 224 Å². The molecule has 2 amide bonds. The fourth-order valence-electron chi connectivity index (χ4n) is 5.09. The number of carbonyl (C=O) groups is 2. The van der Waals surface area contributed by atoms with Crippen LogP contribution in [0.4, 0.5) is 19.4 Å². The van der Waals surface area contributed by atoms with Crippen LogP contribution in [-0.2, 0) is 22.5 Å². The van der Waals surface area contributed by atoms with Crippen molar-refractivity contribution in [2.45, 2.75) is 64.5 Å². The average molecular weight is 540 g/mol. The number of hydrogen-bond acceptors (Lipinski definition) is 7. The molecule has 3 heterocycles. The van der Waals surface area contributed by atoms with Crippen LogP contribution in [0.5, 0.6) is 0 Å². The number of alkyl halides is 2. The summed E-state index contributed by atoms with van der Waals surface area (Å²) in [5, 5.41) is 3.56. The van der Waals surface area contributed by atoms with Gasteiger partial charge >= 0.3 is 6.09 Å². The maximum atomic E-state index is 13.7. The van der Waals surface area contributed by atoms with E-state index in [1.165, 1.54) is 27.9 Å². The normalized spacial score (nSPS) is 18.9. The lowest BCUT2D eigenvalue weighted by Crippen LogP contribution is -2.55. The van der Waals surface area contributed by atoms with Gasteiger partial charge in [0.15, 0.2) is 0 Å². The molecule has 1 saturated carbocycles. The van der Waals surface area contributed by atoms with E-state index in [0.29, 0.717) is 35.9 Å². The molecular weight excluding hydrogens is 508 g/mol. The van der Waals surface area contributed by atoms with Gasteiger partial charge in [-0.3, -0.25) is 9.59 Å². The smallest absolute Gasteiger partial charge is 0.417 e. The van der Waals surface area contributed by atoms with E-state index < -0.39 is 23.0 Å². The minimum absolute atomic E-state index is 0.122. The van der Waals surface area contributed by atoms with Crippen molar-refractivity contribution in [1.82, 2.24) is 19.4 Å². The Morgan fingerprint density at radius 1 is 1.10 bits per heavy atom. The number of rotatable bonds is 4. The van der Waals surface area contributed by atoms with Gasteiger partial charge in [0.2, 0.25) is 5.91 Å². The van der Waals surface area contributed by atoms with Crippen LogP contribution < -0.4 is 10.9 Å². The molecule has 1 atom stereocenters. The van der Waals surface area contributed by atoms with Crippen LogP contribution in [0.1, 0.15) is 52.5 Å². The Hall–Kier alpha value is -3.89. The summed E-state index contributed by atoms with van der Waals surface area (Å²) in [6, 6.07) is 5.45. The molecule has 1 unspecified atom stereocenters. The average Bonchev–Trinajstić information content (AvgIpc) is 3.65. The lowest BCUT2D eigenvalue weighted by molar-refractivity contribution is -0.139. The largest absolute Gasteiger partial charge is 0.443 e. The molecule has 0 bridgehead atoms. The van der Waals surface area contributed by atoms with Gasteiger partial charge in [-0.05, 0) is 45.6 Å². The first-order valence-electron chi connectivity index (χ1n) is 12.9. The summed E-state index contributed by atoms with van der Waals surface area (Å²) >= 11 is 0. The predicted molar refractivity (Wildman–Crippen MR) is 141 cm³/mol. The van der Waals surface area contributed by atoms with Gasteiger partial charge in [0, 0.05) is 43.9 Å². The molecule has 2 aromatic heterocycles. The van der Waals surface area contributed by atoms with Gasteiger partial charge in [-0.1, -0.05) is 24.3 Å². The molecule has 39 heavy (non-hydrogen) atoms. The highest BCUT2D eigenvalue weighted by molar-refractivity contribution is 6.00. The number of pyridine rings is 1. The van der Waals surface area contributed by atoms with Crippen molar-refractivity contribution in [2.75, 3.05) is 11.9 Å². The molecule has 2 aliphatic rings. The van der Waals surface area contributed by atoms with E-state index in [9.17, 15) is 23.2 Å². The first-order chi connectivity index (χ1) is 18.2. The number of aromatic nitrogens is 3. The summed E-state index contributed by atoms with van der Waals surface area (Å²) in [4.78, 5) is 49.5. The fourth-order valence-corrected chi connectivity index (χ4v) is 5.09. The van der Waals surface area contributed by atoms with Gasteiger partial charge in [-0.15, -0.1) is 0 Å². The van der Waals surface area contributed by atoms with Gasteiger partial charge in [0.1, 0.15) is 16.8 Å². The van der Waals surface area contributed by atoms with Gasteiger partial charge < -0.3 is 14.6 Å².